The summed E-state index contributed by atoms with van der Waals surface area (Å²) in [4.78, 5) is 13.7. The number of methoxy groups -OCH3 is 1. The number of carboxylic acid groups (broad SMARTS) is 1. The lowest BCUT2D eigenvalue weighted by Gasteiger charge is -2.30. The Morgan fingerprint density at radius 1 is 1.53 bits per heavy atom. The molecule has 1 aliphatic heterocycles. The van der Waals surface area contributed by atoms with E-state index in [1.54, 1.807) is 7.11 Å². The van der Waals surface area contributed by atoms with Gasteiger partial charge in [0.05, 0.1) is 11.5 Å². The summed E-state index contributed by atoms with van der Waals surface area (Å²) >= 11 is 0. The Bertz CT molecular complexity index is 269. The summed E-state index contributed by atoms with van der Waals surface area (Å²) in [5.74, 6) is -0.640. The molecule has 1 rings (SSSR count). The average molecular weight is 243 g/mol. The Kier molecular flexibility index (Phi) is 4.95. The van der Waals surface area contributed by atoms with E-state index in [0.717, 1.165) is 25.8 Å². The normalized spacial score (nSPS) is 29.2. The van der Waals surface area contributed by atoms with Gasteiger partial charge in [-0.2, -0.15) is 0 Å². The zero-order valence-corrected chi connectivity index (χ0v) is 11.4. The molecule has 3 unspecified atom stereocenters. The SMILES string of the molecule is CCCC1(C(=O)O)CCN(C(C)C(C)OC)C1. The first kappa shape index (κ1) is 14.5. The molecular weight excluding hydrogens is 218 g/mol. The van der Waals surface area contributed by atoms with E-state index < -0.39 is 11.4 Å². The molecule has 1 aliphatic rings. The number of carboxylic acids is 1. The highest BCUT2D eigenvalue weighted by Gasteiger charge is 2.45. The Labute approximate surface area is 104 Å². The quantitative estimate of drug-likeness (QED) is 0.775. The maximum atomic E-state index is 11.5. The van der Waals surface area contributed by atoms with Crippen molar-refractivity contribution in [3.8, 4) is 0 Å². The van der Waals surface area contributed by atoms with Crippen LogP contribution >= 0.6 is 0 Å². The highest BCUT2D eigenvalue weighted by Crippen LogP contribution is 2.36. The molecule has 4 nitrogen and oxygen atoms in total. The van der Waals surface area contributed by atoms with Gasteiger partial charge in [-0.1, -0.05) is 13.3 Å². The molecule has 1 fully saturated rings. The molecule has 1 saturated heterocycles. The maximum Gasteiger partial charge on any atom is 0.310 e. The van der Waals surface area contributed by atoms with Crippen LogP contribution in [-0.4, -0.2) is 48.3 Å². The van der Waals surface area contributed by atoms with Crippen LogP contribution in [0.2, 0.25) is 0 Å². The number of ether oxygens (including phenoxy) is 1. The molecule has 0 aromatic rings. The van der Waals surface area contributed by atoms with E-state index in [0.29, 0.717) is 6.54 Å². The smallest absolute Gasteiger partial charge is 0.310 e. The van der Waals surface area contributed by atoms with Gasteiger partial charge < -0.3 is 9.84 Å². The van der Waals surface area contributed by atoms with Gasteiger partial charge in [0.1, 0.15) is 0 Å². The van der Waals surface area contributed by atoms with E-state index in [2.05, 4.69) is 18.7 Å². The van der Waals surface area contributed by atoms with Crippen LogP contribution < -0.4 is 0 Å². The van der Waals surface area contributed by atoms with Crippen LogP contribution in [0.25, 0.3) is 0 Å². The van der Waals surface area contributed by atoms with E-state index in [4.69, 9.17) is 4.74 Å². The minimum Gasteiger partial charge on any atom is -0.481 e. The maximum absolute atomic E-state index is 11.5. The lowest BCUT2D eigenvalue weighted by atomic mass is 9.82. The van der Waals surface area contributed by atoms with Gasteiger partial charge in [-0.25, -0.2) is 0 Å². The standard InChI is InChI=1S/C13H25NO3/c1-5-6-13(12(15)16)7-8-14(9-13)10(2)11(3)17-4/h10-11H,5-9H2,1-4H3,(H,15,16). The summed E-state index contributed by atoms with van der Waals surface area (Å²) in [5, 5.41) is 9.43. The van der Waals surface area contributed by atoms with Crippen molar-refractivity contribution in [3.63, 3.8) is 0 Å². The van der Waals surface area contributed by atoms with Gasteiger partial charge in [0.25, 0.3) is 0 Å². The first-order valence-electron chi connectivity index (χ1n) is 6.47. The molecule has 1 heterocycles. The zero-order valence-electron chi connectivity index (χ0n) is 11.4. The average Bonchev–Trinajstić information content (AvgIpc) is 2.73. The Morgan fingerprint density at radius 3 is 2.65 bits per heavy atom. The van der Waals surface area contributed by atoms with Crippen LogP contribution in [0.3, 0.4) is 0 Å². The van der Waals surface area contributed by atoms with Gasteiger partial charge in [0.15, 0.2) is 0 Å². The second-order valence-corrected chi connectivity index (χ2v) is 5.24. The van der Waals surface area contributed by atoms with E-state index in [-0.39, 0.29) is 12.1 Å². The number of hydrogen-bond acceptors (Lipinski definition) is 3. The Hall–Kier alpha value is -0.610. The number of rotatable bonds is 6. The Morgan fingerprint density at radius 2 is 2.18 bits per heavy atom. The predicted octanol–water partition coefficient (Wildman–Crippen LogP) is 1.99. The largest absolute Gasteiger partial charge is 0.481 e. The molecule has 0 aromatic heterocycles. The lowest BCUT2D eigenvalue weighted by molar-refractivity contribution is -0.148. The van der Waals surface area contributed by atoms with Gasteiger partial charge in [0.2, 0.25) is 0 Å². The fourth-order valence-corrected chi connectivity index (χ4v) is 2.71. The summed E-state index contributed by atoms with van der Waals surface area (Å²) in [5.41, 5.74) is -0.531. The molecule has 3 atom stereocenters. The third-order valence-electron chi connectivity index (χ3n) is 4.19. The summed E-state index contributed by atoms with van der Waals surface area (Å²) in [7, 11) is 1.70. The third-order valence-corrected chi connectivity index (χ3v) is 4.19. The van der Waals surface area contributed by atoms with Crippen LogP contribution in [0, 0.1) is 5.41 Å². The second kappa shape index (κ2) is 5.83. The lowest BCUT2D eigenvalue weighted by Crippen LogP contribution is -2.42. The highest BCUT2D eigenvalue weighted by molar-refractivity contribution is 5.75. The molecule has 0 amide bonds. The van der Waals surface area contributed by atoms with E-state index in [1.165, 1.54) is 0 Å². The van der Waals surface area contributed by atoms with Gasteiger partial charge in [0, 0.05) is 19.7 Å². The summed E-state index contributed by atoms with van der Waals surface area (Å²) in [6, 6.07) is 0.276. The number of likely N-dealkylation sites (tertiary alicyclic amines) is 1. The summed E-state index contributed by atoms with van der Waals surface area (Å²) < 4.78 is 5.32. The molecule has 0 saturated carbocycles. The second-order valence-electron chi connectivity index (χ2n) is 5.24. The zero-order chi connectivity index (χ0) is 13.1. The fourth-order valence-electron chi connectivity index (χ4n) is 2.71. The fraction of sp³-hybridized carbons (Fsp3) is 0.923. The molecule has 1 N–H and O–H groups in total. The van der Waals surface area contributed by atoms with Crippen molar-refractivity contribution < 1.29 is 14.6 Å². The number of aliphatic carboxylic acids is 1. The molecular formula is C13H25NO3. The van der Waals surface area contributed by atoms with Crippen LogP contribution in [0.15, 0.2) is 0 Å². The van der Waals surface area contributed by atoms with Crippen molar-refractivity contribution in [1.82, 2.24) is 4.90 Å². The van der Waals surface area contributed by atoms with Crippen molar-refractivity contribution in [2.75, 3.05) is 20.2 Å². The molecule has 4 heteroatoms. The molecule has 0 aliphatic carbocycles. The number of nitrogens with zero attached hydrogens (tertiary/aromatic N) is 1. The van der Waals surface area contributed by atoms with Gasteiger partial charge in [-0.15, -0.1) is 0 Å². The van der Waals surface area contributed by atoms with E-state index >= 15 is 0 Å². The number of hydrogen-bond donors (Lipinski definition) is 1. The number of carbonyl (C=O) groups is 1. The molecule has 17 heavy (non-hydrogen) atoms. The van der Waals surface area contributed by atoms with E-state index in [9.17, 15) is 9.90 Å². The van der Waals surface area contributed by atoms with Gasteiger partial charge >= 0.3 is 5.97 Å². The van der Waals surface area contributed by atoms with E-state index in [1.807, 2.05) is 6.92 Å². The van der Waals surface area contributed by atoms with Gasteiger partial charge in [-0.05, 0) is 33.2 Å². The van der Waals surface area contributed by atoms with Crippen LogP contribution in [0.4, 0.5) is 0 Å². The predicted molar refractivity (Wildman–Crippen MR) is 67.1 cm³/mol. The molecule has 100 valence electrons. The van der Waals surface area contributed by atoms with Crippen molar-refractivity contribution in [2.24, 2.45) is 5.41 Å². The van der Waals surface area contributed by atoms with Crippen molar-refractivity contribution in [3.05, 3.63) is 0 Å². The van der Waals surface area contributed by atoms with Crippen LogP contribution in [0.1, 0.15) is 40.0 Å². The van der Waals surface area contributed by atoms with Crippen molar-refractivity contribution >= 4 is 5.97 Å². The molecule has 0 aromatic carbocycles. The summed E-state index contributed by atoms with van der Waals surface area (Å²) in [6.07, 6.45) is 2.60. The highest BCUT2D eigenvalue weighted by atomic mass is 16.5. The molecule has 0 radical (unpaired) electrons. The monoisotopic (exact) mass is 243 g/mol. The first-order chi connectivity index (χ1) is 7.96. The topological polar surface area (TPSA) is 49.8 Å². The molecule has 0 bridgehead atoms. The van der Waals surface area contributed by atoms with Crippen LogP contribution in [0.5, 0.6) is 0 Å². The first-order valence-corrected chi connectivity index (χ1v) is 6.47. The van der Waals surface area contributed by atoms with Crippen LogP contribution in [-0.2, 0) is 9.53 Å². The van der Waals surface area contributed by atoms with Crippen molar-refractivity contribution in [1.29, 1.82) is 0 Å². The Balaban J connectivity index is 2.69. The third kappa shape index (κ3) is 2.99. The summed E-state index contributed by atoms with van der Waals surface area (Å²) in [6.45, 7) is 7.71. The van der Waals surface area contributed by atoms with Gasteiger partial charge in [-0.3, -0.25) is 9.69 Å². The minimum atomic E-state index is -0.640. The minimum absolute atomic E-state index is 0.140. The van der Waals surface area contributed by atoms with Crippen molar-refractivity contribution in [2.45, 2.75) is 52.2 Å². The molecule has 0 spiro atoms.